The third-order valence-corrected chi connectivity index (χ3v) is 3.64. The molecule has 0 saturated carbocycles. The number of unbranched alkanes of at least 4 members (excludes halogenated alkanes) is 11. The molecule has 0 saturated heterocycles. The zero-order valence-corrected chi connectivity index (χ0v) is 18.6. The molecule has 0 bridgehead atoms. The second-order valence-electron chi connectivity index (χ2n) is 6.20. The number of carboxylic acids is 2. The van der Waals surface area contributed by atoms with E-state index in [1.54, 1.807) is 0 Å². The molecular weight excluding hydrogens is 344 g/mol. The summed E-state index contributed by atoms with van der Waals surface area (Å²) in [4.78, 5) is 19.1. The molecule has 0 rings (SSSR count). The van der Waals surface area contributed by atoms with Crippen molar-refractivity contribution in [1.82, 2.24) is 0 Å². The number of carbonyl (C=O) groups excluding carboxylic acids is 2. The second kappa shape index (κ2) is 26.2. The fourth-order valence-electron chi connectivity index (χ4n) is 2.34. The number of aliphatic carboxylic acids is 2. The van der Waals surface area contributed by atoms with Crippen molar-refractivity contribution in [2.75, 3.05) is 0 Å². The third kappa shape index (κ3) is 40.2. The van der Waals surface area contributed by atoms with Crippen LogP contribution < -0.4 is 10.2 Å². The van der Waals surface area contributed by atoms with E-state index >= 15 is 0 Å². The predicted molar refractivity (Wildman–Crippen MR) is 101 cm³/mol. The van der Waals surface area contributed by atoms with Crippen molar-refractivity contribution in [2.24, 2.45) is 0 Å². The van der Waals surface area contributed by atoms with Crippen LogP contribution in [0.3, 0.4) is 0 Å². The molecule has 25 heavy (non-hydrogen) atoms. The number of hydrogen-bond acceptors (Lipinski definition) is 4. The summed E-state index contributed by atoms with van der Waals surface area (Å²) in [5.41, 5.74) is 0. The average Bonchev–Trinajstić information content (AvgIpc) is 2.50. The van der Waals surface area contributed by atoms with Crippen molar-refractivity contribution in [3.63, 3.8) is 0 Å². The maximum atomic E-state index is 10.2. The van der Waals surface area contributed by atoms with E-state index in [0.29, 0.717) is 0 Å². The van der Waals surface area contributed by atoms with Crippen LogP contribution in [0.25, 0.3) is 0 Å². The Morgan fingerprint density at radius 2 is 1.08 bits per heavy atom. The van der Waals surface area contributed by atoms with Crippen LogP contribution in [0.4, 0.5) is 0 Å². The number of hydrogen-bond donors (Lipinski definition) is 0. The maximum Gasteiger partial charge on any atom is 2.00 e. The van der Waals surface area contributed by atoms with Gasteiger partial charge in [0.05, 0.1) is 0 Å². The summed E-state index contributed by atoms with van der Waals surface area (Å²) in [6.07, 6.45) is 20.9. The van der Waals surface area contributed by atoms with Crippen LogP contribution >= 0.6 is 0 Å². The van der Waals surface area contributed by atoms with Crippen LogP contribution in [0, 0.1) is 0 Å². The van der Waals surface area contributed by atoms with Crippen LogP contribution in [0.2, 0.25) is 0 Å². The first kappa shape index (κ1) is 29.7. The van der Waals surface area contributed by atoms with E-state index in [2.05, 4.69) is 19.1 Å². The molecule has 0 aliphatic heterocycles. The van der Waals surface area contributed by atoms with Gasteiger partial charge in [-0.1, -0.05) is 70.4 Å². The van der Waals surface area contributed by atoms with Gasteiger partial charge in [-0.25, -0.2) is 0 Å². The SMILES string of the molecule is CC(=O)[O-].CCCCCCCC/C=C\CCCCCCCC(=O)[O-].[Ca+2]. The molecule has 0 atom stereocenters. The normalized spacial score (nSPS) is 10.0. The molecule has 0 amide bonds. The van der Waals surface area contributed by atoms with Crippen LogP contribution in [0.15, 0.2) is 12.2 Å². The number of allylic oxidation sites excluding steroid dienone is 2. The molecule has 0 aromatic rings. The van der Waals surface area contributed by atoms with Crippen molar-refractivity contribution < 1.29 is 19.8 Å². The first-order valence-corrected chi connectivity index (χ1v) is 9.53. The van der Waals surface area contributed by atoms with Crippen LogP contribution in [0.5, 0.6) is 0 Å². The fraction of sp³-hybridized carbons (Fsp3) is 0.800. The molecule has 0 aromatic carbocycles. The van der Waals surface area contributed by atoms with Gasteiger partial charge in [-0.3, -0.25) is 0 Å². The van der Waals surface area contributed by atoms with Crippen LogP contribution in [-0.4, -0.2) is 49.7 Å². The molecular formula is C20H36CaO4. The van der Waals surface area contributed by atoms with E-state index in [9.17, 15) is 9.90 Å². The van der Waals surface area contributed by atoms with Gasteiger partial charge >= 0.3 is 37.7 Å². The van der Waals surface area contributed by atoms with Crippen molar-refractivity contribution in [2.45, 2.75) is 104 Å². The monoisotopic (exact) mass is 380 g/mol. The Morgan fingerprint density at radius 1 is 0.720 bits per heavy atom. The zero-order valence-electron chi connectivity index (χ0n) is 16.4. The van der Waals surface area contributed by atoms with Gasteiger partial charge in [-0.15, -0.1) is 0 Å². The number of carboxylic acid groups (broad SMARTS) is 2. The largest absolute Gasteiger partial charge is 2.00 e. The fourth-order valence-corrected chi connectivity index (χ4v) is 2.34. The van der Waals surface area contributed by atoms with Gasteiger partial charge in [0.1, 0.15) is 0 Å². The van der Waals surface area contributed by atoms with Crippen LogP contribution in [-0.2, 0) is 9.59 Å². The summed E-state index contributed by atoms with van der Waals surface area (Å²) in [6.45, 7) is 3.23. The topological polar surface area (TPSA) is 80.3 Å². The van der Waals surface area contributed by atoms with Crippen LogP contribution in [0.1, 0.15) is 104 Å². The quantitative estimate of drug-likeness (QED) is 0.248. The Kier molecular flexibility index (Phi) is 31.1. The molecule has 0 heterocycles. The maximum absolute atomic E-state index is 10.2. The molecule has 0 aliphatic rings. The predicted octanol–water partition coefficient (Wildman–Crippen LogP) is 3.15. The van der Waals surface area contributed by atoms with E-state index in [1.165, 1.54) is 64.2 Å². The molecule has 0 radical (unpaired) electrons. The Balaban J connectivity index is -0.000000867. The summed E-state index contributed by atoms with van der Waals surface area (Å²) < 4.78 is 0. The average molecular weight is 381 g/mol. The standard InChI is InChI=1S/C18H34O2.C2H4O2.Ca/c1-2-3-4-5-6-7-8-9-10-11-12-13-14-15-16-17-18(19)20;1-2(3)4;/h9-10H,2-8,11-17H2,1H3,(H,19,20);1H3,(H,3,4);/q;;+2/p-2/b10-9-;;. The van der Waals surface area contributed by atoms with Crippen molar-refractivity contribution in [3.05, 3.63) is 12.2 Å². The van der Waals surface area contributed by atoms with E-state index in [-0.39, 0.29) is 44.2 Å². The van der Waals surface area contributed by atoms with Gasteiger partial charge in [-0.2, -0.15) is 0 Å². The smallest absolute Gasteiger partial charge is 0.550 e. The summed E-state index contributed by atoms with van der Waals surface area (Å²) >= 11 is 0. The van der Waals surface area contributed by atoms with E-state index in [1.807, 2.05) is 0 Å². The molecule has 142 valence electrons. The Bertz CT molecular complexity index is 313. The van der Waals surface area contributed by atoms with Gasteiger partial charge in [0.25, 0.3) is 0 Å². The van der Waals surface area contributed by atoms with Crippen molar-refractivity contribution in [3.8, 4) is 0 Å². The number of carbonyl (C=O) groups is 2. The minimum Gasteiger partial charge on any atom is -0.550 e. The van der Waals surface area contributed by atoms with Gasteiger partial charge in [-0.05, 0) is 45.4 Å². The minimum absolute atomic E-state index is 0. The first-order valence-electron chi connectivity index (χ1n) is 9.53. The zero-order chi connectivity index (χ0) is 18.5. The molecule has 0 N–H and O–H groups in total. The van der Waals surface area contributed by atoms with E-state index < -0.39 is 11.9 Å². The van der Waals surface area contributed by atoms with Crippen molar-refractivity contribution in [1.29, 1.82) is 0 Å². The molecule has 4 nitrogen and oxygen atoms in total. The van der Waals surface area contributed by atoms with Gasteiger partial charge < -0.3 is 19.8 Å². The first-order chi connectivity index (χ1) is 11.5. The Hall–Kier alpha value is -0.0603. The van der Waals surface area contributed by atoms with Gasteiger partial charge in [0.15, 0.2) is 0 Å². The third-order valence-electron chi connectivity index (χ3n) is 3.64. The summed E-state index contributed by atoms with van der Waals surface area (Å²) in [7, 11) is 0. The summed E-state index contributed by atoms with van der Waals surface area (Å²) in [5, 5.41) is 19.1. The second-order valence-corrected chi connectivity index (χ2v) is 6.20. The van der Waals surface area contributed by atoms with Gasteiger partial charge in [0.2, 0.25) is 0 Å². The van der Waals surface area contributed by atoms with Gasteiger partial charge in [0, 0.05) is 11.9 Å². The Labute approximate surface area is 184 Å². The van der Waals surface area contributed by atoms with Crippen molar-refractivity contribution >= 4 is 49.7 Å². The summed E-state index contributed by atoms with van der Waals surface area (Å²) in [5.74, 6) is -2.00. The molecule has 0 spiro atoms. The molecule has 0 aromatic heterocycles. The molecule has 0 fully saturated rings. The summed E-state index contributed by atoms with van der Waals surface area (Å²) in [6, 6.07) is 0. The minimum atomic E-state index is -1.08. The Morgan fingerprint density at radius 3 is 1.48 bits per heavy atom. The number of rotatable bonds is 15. The van der Waals surface area contributed by atoms with E-state index in [4.69, 9.17) is 9.90 Å². The van der Waals surface area contributed by atoms with E-state index in [0.717, 1.165) is 26.2 Å². The molecule has 0 aliphatic carbocycles. The molecule has 5 heteroatoms. The molecule has 0 unspecified atom stereocenters.